The molecule has 0 unspecified atom stereocenters. The quantitative estimate of drug-likeness (QED) is 0.648. The molecule has 2 heterocycles. The molecule has 0 aliphatic rings. The second-order valence-electron chi connectivity index (χ2n) is 3.39. The molecule has 2 aromatic heterocycles. The minimum Gasteiger partial charge on any atom is -0.460 e. The number of hydrogen-bond acceptors (Lipinski definition) is 2. The third-order valence-corrected chi connectivity index (χ3v) is 2.90. The van der Waals surface area contributed by atoms with E-state index in [-0.39, 0.29) is 0 Å². The van der Waals surface area contributed by atoms with E-state index in [2.05, 4.69) is 32.9 Å². The molecule has 0 amide bonds. The Morgan fingerprint density at radius 2 is 2.08 bits per heavy atom. The van der Waals surface area contributed by atoms with Crippen LogP contribution in [0.5, 0.6) is 0 Å². The van der Waals surface area contributed by atoms with Crippen molar-refractivity contribution in [3.8, 4) is 0 Å². The Hall–Kier alpha value is -0.760. The highest BCUT2D eigenvalue weighted by Gasteiger charge is 2.08. The first-order valence-electron chi connectivity index (χ1n) is 4.16. The maximum Gasteiger partial charge on any atom is 0.145 e. The zero-order chi connectivity index (χ0) is 8.72. The molecule has 0 spiro atoms. The number of furan rings is 1. The van der Waals surface area contributed by atoms with Crippen molar-refractivity contribution < 1.29 is 4.42 Å². The van der Waals surface area contributed by atoms with E-state index in [9.17, 15) is 0 Å². The molecule has 0 bridgehead atoms. The van der Waals surface area contributed by atoms with Gasteiger partial charge in [-0.2, -0.15) is 0 Å². The van der Waals surface area contributed by atoms with Crippen LogP contribution in [0.4, 0.5) is 0 Å². The summed E-state index contributed by atoms with van der Waals surface area (Å²) < 4.78 is 6.93. The zero-order valence-electron chi connectivity index (χ0n) is 7.55. The number of thiophene rings is 1. The van der Waals surface area contributed by atoms with Crippen molar-refractivity contribution in [2.24, 2.45) is 0 Å². The van der Waals surface area contributed by atoms with E-state index in [0.29, 0.717) is 5.92 Å². The average Bonchev–Trinajstić information content (AvgIpc) is 2.42. The maximum absolute atomic E-state index is 5.66. The Kier molecular flexibility index (Phi) is 1.72. The number of aryl methyl sites for hydroxylation is 1. The van der Waals surface area contributed by atoms with Crippen molar-refractivity contribution in [2.45, 2.75) is 26.7 Å². The van der Waals surface area contributed by atoms with Crippen LogP contribution in [0.15, 0.2) is 16.5 Å². The molecular weight excluding hydrogens is 168 g/mol. The number of fused-ring (bicyclic) bond motifs is 1. The summed E-state index contributed by atoms with van der Waals surface area (Å²) >= 11 is 1.80. The fourth-order valence-electron chi connectivity index (χ4n) is 1.26. The molecule has 0 N–H and O–H groups in total. The smallest absolute Gasteiger partial charge is 0.145 e. The zero-order valence-corrected chi connectivity index (χ0v) is 8.37. The first kappa shape index (κ1) is 7.87. The van der Waals surface area contributed by atoms with Crippen LogP contribution in [0.25, 0.3) is 10.3 Å². The van der Waals surface area contributed by atoms with Gasteiger partial charge >= 0.3 is 0 Å². The van der Waals surface area contributed by atoms with Crippen molar-refractivity contribution >= 4 is 21.6 Å². The van der Waals surface area contributed by atoms with E-state index in [1.54, 1.807) is 11.3 Å². The summed E-state index contributed by atoms with van der Waals surface area (Å²) in [5.41, 5.74) is 1.04. The summed E-state index contributed by atoms with van der Waals surface area (Å²) in [5, 5.41) is 0. The predicted molar refractivity (Wildman–Crippen MR) is 52.9 cm³/mol. The minimum atomic E-state index is 0.491. The van der Waals surface area contributed by atoms with Gasteiger partial charge in [0.2, 0.25) is 0 Å². The lowest BCUT2D eigenvalue weighted by Crippen LogP contribution is -1.79. The first-order valence-corrected chi connectivity index (χ1v) is 4.98. The SMILES string of the molecule is Cc1cc2oc(C(C)C)cc2s1. The Balaban J connectivity index is 2.57. The minimum absolute atomic E-state index is 0.491. The Labute approximate surface area is 76.0 Å². The van der Waals surface area contributed by atoms with E-state index >= 15 is 0 Å². The highest BCUT2D eigenvalue weighted by atomic mass is 32.1. The molecule has 0 saturated carbocycles. The molecule has 0 aliphatic carbocycles. The van der Waals surface area contributed by atoms with Gasteiger partial charge < -0.3 is 4.42 Å². The number of rotatable bonds is 1. The largest absolute Gasteiger partial charge is 0.460 e. The Morgan fingerprint density at radius 1 is 1.33 bits per heavy atom. The molecular formula is C10H12OS. The van der Waals surface area contributed by atoms with E-state index in [1.165, 1.54) is 9.58 Å². The van der Waals surface area contributed by atoms with Crippen molar-refractivity contribution in [1.82, 2.24) is 0 Å². The fourth-order valence-corrected chi connectivity index (χ4v) is 2.15. The van der Waals surface area contributed by atoms with Crippen molar-refractivity contribution in [3.05, 3.63) is 22.8 Å². The van der Waals surface area contributed by atoms with Crippen LogP contribution in [0, 0.1) is 6.92 Å². The van der Waals surface area contributed by atoms with Gasteiger partial charge in [-0.3, -0.25) is 0 Å². The summed E-state index contributed by atoms with van der Waals surface area (Å²) in [6.45, 7) is 6.40. The molecule has 0 saturated heterocycles. The summed E-state index contributed by atoms with van der Waals surface area (Å²) in [5.74, 6) is 1.58. The van der Waals surface area contributed by atoms with Crippen LogP contribution in [0.3, 0.4) is 0 Å². The second kappa shape index (κ2) is 2.63. The van der Waals surface area contributed by atoms with Crippen molar-refractivity contribution in [1.29, 1.82) is 0 Å². The van der Waals surface area contributed by atoms with Crippen LogP contribution in [-0.2, 0) is 0 Å². The molecule has 0 atom stereocenters. The van der Waals surface area contributed by atoms with Crippen molar-refractivity contribution in [2.75, 3.05) is 0 Å². The third kappa shape index (κ3) is 1.16. The summed E-state index contributed by atoms with van der Waals surface area (Å²) in [6, 6.07) is 4.25. The third-order valence-electron chi connectivity index (χ3n) is 1.92. The Morgan fingerprint density at radius 3 is 2.67 bits per heavy atom. The topological polar surface area (TPSA) is 13.1 Å². The van der Waals surface area contributed by atoms with Gasteiger partial charge in [-0.1, -0.05) is 13.8 Å². The lowest BCUT2D eigenvalue weighted by Gasteiger charge is -1.95. The molecule has 2 aromatic rings. The van der Waals surface area contributed by atoms with Crippen LogP contribution in [-0.4, -0.2) is 0 Å². The number of hydrogen-bond donors (Lipinski definition) is 0. The molecule has 64 valence electrons. The second-order valence-corrected chi connectivity index (χ2v) is 4.68. The molecule has 0 radical (unpaired) electrons. The van der Waals surface area contributed by atoms with Gasteiger partial charge in [0.1, 0.15) is 11.3 Å². The van der Waals surface area contributed by atoms with Crippen LogP contribution in [0.1, 0.15) is 30.4 Å². The normalized spacial score (nSPS) is 11.7. The lowest BCUT2D eigenvalue weighted by molar-refractivity contribution is 0.522. The monoisotopic (exact) mass is 180 g/mol. The van der Waals surface area contributed by atoms with Gasteiger partial charge in [-0.25, -0.2) is 0 Å². The fraction of sp³-hybridized carbons (Fsp3) is 0.400. The molecule has 2 heteroatoms. The standard InChI is InChI=1S/C10H12OS/c1-6(2)8-5-10-9(11-8)4-7(3)12-10/h4-6H,1-3H3. The predicted octanol–water partition coefficient (Wildman–Crippen LogP) is 3.93. The van der Waals surface area contributed by atoms with Gasteiger partial charge in [0.15, 0.2) is 0 Å². The highest BCUT2D eigenvalue weighted by Crippen LogP contribution is 2.30. The lowest BCUT2D eigenvalue weighted by atomic mass is 10.2. The summed E-state index contributed by atoms with van der Waals surface area (Å²) in [7, 11) is 0. The van der Waals surface area contributed by atoms with Crippen molar-refractivity contribution in [3.63, 3.8) is 0 Å². The van der Waals surface area contributed by atoms with Gasteiger partial charge in [-0.05, 0) is 19.1 Å². The highest BCUT2D eigenvalue weighted by molar-refractivity contribution is 7.18. The van der Waals surface area contributed by atoms with E-state index < -0.39 is 0 Å². The van der Waals surface area contributed by atoms with Crippen LogP contribution < -0.4 is 0 Å². The molecule has 1 nitrogen and oxygen atoms in total. The van der Waals surface area contributed by atoms with Gasteiger partial charge in [0.05, 0.1) is 4.70 Å². The molecule has 0 aromatic carbocycles. The summed E-state index contributed by atoms with van der Waals surface area (Å²) in [6.07, 6.45) is 0. The van der Waals surface area contributed by atoms with E-state index in [0.717, 1.165) is 11.3 Å². The Bertz CT molecular complexity index is 363. The maximum atomic E-state index is 5.66. The van der Waals surface area contributed by atoms with Gasteiger partial charge in [-0.15, -0.1) is 11.3 Å². The van der Waals surface area contributed by atoms with Crippen LogP contribution >= 0.6 is 11.3 Å². The van der Waals surface area contributed by atoms with E-state index in [1.807, 2.05) is 0 Å². The molecule has 0 aliphatic heterocycles. The van der Waals surface area contributed by atoms with Gasteiger partial charge in [0, 0.05) is 10.8 Å². The van der Waals surface area contributed by atoms with Crippen LogP contribution in [0.2, 0.25) is 0 Å². The summed E-state index contributed by atoms with van der Waals surface area (Å²) in [4.78, 5) is 1.32. The molecule has 2 rings (SSSR count). The van der Waals surface area contributed by atoms with E-state index in [4.69, 9.17) is 4.42 Å². The van der Waals surface area contributed by atoms with Gasteiger partial charge in [0.25, 0.3) is 0 Å². The molecule has 0 fully saturated rings. The average molecular weight is 180 g/mol. The molecule has 12 heavy (non-hydrogen) atoms. The first-order chi connectivity index (χ1) is 5.66.